The van der Waals surface area contributed by atoms with Crippen molar-refractivity contribution in [2.45, 2.75) is 13.8 Å². The molecule has 2 N–H and O–H groups in total. The van der Waals surface area contributed by atoms with E-state index in [0.29, 0.717) is 30.4 Å². The van der Waals surface area contributed by atoms with Crippen LogP contribution in [0.2, 0.25) is 0 Å². The monoisotopic (exact) mass is 292 g/mol. The lowest BCUT2D eigenvalue weighted by molar-refractivity contribution is 0.0972. The molecule has 0 aliphatic heterocycles. The molecule has 0 bridgehead atoms. The smallest absolute Gasteiger partial charge is 0.261 e. The van der Waals surface area contributed by atoms with Crippen LogP contribution in [-0.4, -0.2) is 24.2 Å². The number of rotatable bonds is 6. The van der Waals surface area contributed by atoms with Gasteiger partial charge in [-0.2, -0.15) is 0 Å². The molecule has 1 aromatic carbocycles. The molecule has 0 aliphatic rings. The molecule has 5 heteroatoms. The molecule has 0 heterocycles. The number of carbonyl (C=O) groups is 1. The fourth-order valence-corrected chi connectivity index (χ4v) is 1.59. The number of hydrogen-bond donors (Lipinski definition) is 2. The van der Waals surface area contributed by atoms with Crippen LogP contribution >= 0.6 is 12.2 Å². The average molecular weight is 292 g/mol. The SMILES string of the molecule is C=CCNC(=S)NC(=O)c1ccccc1OCC(C)C. The minimum Gasteiger partial charge on any atom is -0.492 e. The molecule has 0 unspecified atom stereocenters. The zero-order valence-electron chi connectivity index (χ0n) is 11.8. The molecule has 108 valence electrons. The fourth-order valence-electron chi connectivity index (χ4n) is 1.42. The highest BCUT2D eigenvalue weighted by molar-refractivity contribution is 7.80. The van der Waals surface area contributed by atoms with Gasteiger partial charge < -0.3 is 10.1 Å². The molecule has 0 fully saturated rings. The Kier molecular flexibility index (Phi) is 6.73. The summed E-state index contributed by atoms with van der Waals surface area (Å²) in [5.74, 6) is 0.664. The molecule has 0 aliphatic carbocycles. The molecule has 1 rings (SSSR count). The number of hydrogen-bond acceptors (Lipinski definition) is 3. The molecular weight excluding hydrogens is 272 g/mol. The van der Waals surface area contributed by atoms with Crippen molar-refractivity contribution in [1.82, 2.24) is 10.6 Å². The van der Waals surface area contributed by atoms with Gasteiger partial charge in [-0.3, -0.25) is 10.1 Å². The lowest BCUT2D eigenvalue weighted by atomic mass is 10.2. The lowest BCUT2D eigenvalue weighted by Crippen LogP contribution is -2.39. The van der Waals surface area contributed by atoms with Crippen LogP contribution < -0.4 is 15.4 Å². The van der Waals surface area contributed by atoms with Crippen molar-refractivity contribution in [3.05, 3.63) is 42.5 Å². The van der Waals surface area contributed by atoms with Crippen molar-refractivity contribution in [3.63, 3.8) is 0 Å². The van der Waals surface area contributed by atoms with Gasteiger partial charge in [0.15, 0.2) is 5.11 Å². The summed E-state index contributed by atoms with van der Waals surface area (Å²) in [7, 11) is 0. The maximum Gasteiger partial charge on any atom is 0.261 e. The Bertz CT molecular complexity index is 487. The number of nitrogens with one attached hydrogen (secondary N) is 2. The predicted octanol–water partition coefficient (Wildman–Crippen LogP) is 2.51. The Hall–Kier alpha value is -1.88. The first-order chi connectivity index (χ1) is 9.54. The zero-order valence-corrected chi connectivity index (χ0v) is 12.6. The summed E-state index contributed by atoms with van der Waals surface area (Å²) in [6, 6.07) is 7.11. The molecule has 4 nitrogen and oxygen atoms in total. The second kappa shape index (κ2) is 8.32. The molecule has 20 heavy (non-hydrogen) atoms. The quantitative estimate of drug-likeness (QED) is 0.625. The van der Waals surface area contributed by atoms with Gasteiger partial charge in [-0.15, -0.1) is 6.58 Å². The Labute approximate surface area is 125 Å². The lowest BCUT2D eigenvalue weighted by Gasteiger charge is -2.13. The summed E-state index contributed by atoms with van der Waals surface area (Å²) in [6.07, 6.45) is 1.66. The highest BCUT2D eigenvalue weighted by Crippen LogP contribution is 2.18. The number of para-hydroxylation sites is 1. The van der Waals surface area contributed by atoms with E-state index in [2.05, 4.69) is 31.1 Å². The molecule has 0 aromatic heterocycles. The van der Waals surface area contributed by atoms with Crippen molar-refractivity contribution < 1.29 is 9.53 Å². The van der Waals surface area contributed by atoms with Crippen LogP contribution in [0.5, 0.6) is 5.75 Å². The van der Waals surface area contributed by atoms with E-state index in [0.717, 1.165) is 0 Å². The number of ether oxygens (including phenoxy) is 1. The van der Waals surface area contributed by atoms with Crippen molar-refractivity contribution in [2.75, 3.05) is 13.2 Å². The van der Waals surface area contributed by atoms with E-state index in [4.69, 9.17) is 17.0 Å². The average Bonchev–Trinajstić information content (AvgIpc) is 2.43. The van der Waals surface area contributed by atoms with E-state index in [-0.39, 0.29) is 11.0 Å². The Morgan fingerprint density at radius 2 is 2.15 bits per heavy atom. The van der Waals surface area contributed by atoms with Crippen LogP contribution in [0, 0.1) is 5.92 Å². The minimum atomic E-state index is -0.286. The maximum absolute atomic E-state index is 12.1. The topological polar surface area (TPSA) is 50.4 Å². The standard InChI is InChI=1S/C15H20N2O2S/c1-4-9-16-15(20)17-14(18)12-7-5-6-8-13(12)19-10-11(2)3/h4-8,11H,1,9-10H2,2-3H3,(H2,16,17,18,20). The molecule has 0 atom stereocenters. The number of benzene rings is 1. The first kappa shape index (κ1) is 16.2. The summed E-state index contributed by atoms with van der Waals surface area (Å²) < 4.78 is 5.64. The van der Waals surface area contributed by atoms with E-state index in [1.54, 1.807) is 24.3 Å². The maximum atomic E-state index is 12.1. The molecule has 0 spiro atoms. The van der Waals surface area contributed by atoms with Crippen LogP contribution in [0.4, 0.5) is 0 Å². The first-order valence-corrected chi connectivity index (χ1v) is 6.87. The number of carbonyl (C=O) groups excluding carboxylic acids is 1. The van der Waals surface area contributed by atoms with Gasteiger partial charge >= 0.3 is 0 Å². The van der Waals surface area contributed by atoms with Gasteiger partial charge in [-0.05, 0) is 30.3 Å². The summed E-state index contributed by atoms with van der Waals surface area (Å²) >= 11 is 5.01. The van der Waals surface area contributed by atoms with E-state index in [1.165, 1.54) is 0 Å². The number of thiocarbonyl (C=S) groups is 1. The van der Waals surface area contributed by atoms with Gasteiger partial charge in [-0.25, -0.2) is 0 Å². The fraction of sp³-hybridized carbons (Fsp3) is 0.333. The van der Waals surface area contributed by atoms with Crippen LogP contribution in [0.1, 0.15) is 24.2 Å². The van der Waals surface area contributed by atoms with Gasteiger partial charge in [0, 0.05) is 6.54 Å². The van der Waals surface area contributed by atoms with Crippen molar-refractivity contribution in [3.8, 4) is 5.75 Å². The first-order valence-electron chi connectivity index (χ1n) is 6.46. The summed E-state index contributed by atoms with van der Waals surface area (Å²) in [4.78, 5) is 12.1. The van der Waals surface area contributed by atoms with Crippen LogP contribution in [-0.2, 0) is 0 Å². The Morgan fingerprint density at radius 1 is 1.45 bits per heavy atom. The van der Waals surface area contributed by atoms with E-state index >= 15 is 0 Å². The normalized spacial score (nSPS) is 9.95. The summed E-state index contributed by atoms with van der Waals surface area (Å²) in [5, 5.41) is 5.73. The third-order valence-corrected chi connectivity index (χ3v) is 2.58. The minimum absolute atomic E-state index is 0.272. The van der Waals surface area contributed by atoms with Crippen molar-refractivity contribution >= 4 is 23.2 Å². The highest BCUT2D eigenvalue weighted by Gasteiger charge is 2.13. The highest BCUT2D eigenvalue weighted by atomic mass is 32.1. The molecular formula is C15H20N2O2S. The van der Waals surface area contributed by atoms with E-state index in [1.807, 2.05) is 6.07 Å². The summed E-state index contributed by atoms with van der Waals surface area (Å²) in [6.45, 7) is 8.74. The van der Waals surface area contributed by atoms with Crippen LogP contribution in [0.25, 0.3) is 0 Å². The van der Waals surface area contributed by atoms with E-state index < -0.39 is 0 Å². The number of amides is 1. The third-order valence-electron chi connectivity index (χ3n) is 2.34. The van der Waals surface area contributed by atoms with Gasteiger partial charge in [0.1, 0.15) is 5.75 Å². The molecule has 1 aromatic rings. The second-order valence-electron chi connectivity index (χ2n) is 4.65. The second-order valence-corrected chi connectivity index (χ2v) is 5.06. The zero-order chi connectivity index (χ0) is 15.0. The van der Waals surface area contributed by atoms with Gasteiger partial charge in [0.2, 0.25) is 0 Å². The Morgan fingerprint density at radius 3 is 2.80 bits per heavy atom. The molecule has 0 saturated heterocycles. The largest absolute Gasteiger partial charge is 0.492 e. The van der Waals surface area contributed by atoms with Crippen molar-refractivity contribution in [2.24, 2.45) is 5.92 Å². The Balaban J connectivity index is 2.71. The third kappa shape index (κ3) is 5.40. The van der Waals surface area contributed by atoms with Gasteiger partial charge in [-0.1, -0.05) is 32.1 Å². The van der Waals surface area contributed by atoms with E-state index in [9.17, 15) is 4.79 Å². The van der Waals surface area contributed by atoms with Crippen LogP contribution in [0.3, 0.4) is 0 Å². The van der Waals surface area contributed by atoms with Gasteiger partial charge in [0.05, 0.1) is 12.2 Å². The van der Waals surface area contributed by atoms with Crippen LogP contribution in [0.15, 0.2) is 36.9 Å². The molecule has 0 saturated carbocycles. The van der Waals surface area contributed by atoms with Gasteiger partial charge in [0.25, 0.3) is 5.91 Å². The molecule has 1 amide bonds. The molecule has 0 radical (unpaired) electrons. The predicted molar refractivity (Wildman–Crippen MR) is 85.0 cm³/mol. The van der Waals surface area contributed by atoms with Crippen molar-refractivity contribution in [1.29, 1.82) is 0 Å². The summed E-state index contributed by atoms with van der Waals surface area (Å²) in [5.41, 5.74) is 0.468.